The second-order valence-electron chi connectivity index (χ2n) is 6.94. The zero-order valence-corrected chi connectivity index (χ0v) is 15.4. The lowest BCUT2D eigenvalue weighted by Crippen LogP contribution is -2.10. The highest BCUT2D eigenvalue weighted by Gasteiger charge is 2.13. The second-order valence-corrected chi connectivity index (χ2v) is 6.94. The molecule has 26 heavy (non-hydrogen) atoms. The maximum absolute atomic E-state index is 5.33. The number of aromatic nitrogens is 3. The van der Waals surface area contributed by atoms with Crippen molar-refractivity contribution in [3.8, 4) is 5.75 Å². The highest BCUT2D eigenvalue weighted by atomic mass is 16.5. The molecule has 3 rings (SSSR count). The van der Waals surface area contributed by atoms with Crippen molar-refractivity contribution in [3.05, 3.63) is 60.3 Å². The fourth-order valence-electron chi connectivity index (χ4n) is 2.49. The number of methoxy groups -OCH3 is 1. The van der Waals surface area contributed by atoms with Crippen LogP contribution >= 0.6 is 0 Å². The van der Waals surface area contributed by atoms with E-state index in [-0.39, 0.29) is 5.41 Å². The summed E-state index contributed by atoms with van der Waals surface area (Å²) in [5, 5.41) is 14.4. The Labute approximate surface area is 153 Å². The first-order valence-corrected chi connectivity index (χ1v) is 8.43. The average molecular weight is 349 g/mol. The Balaban J connectivity index is 1.75. The van der Waals surface area contributed by atoms with Gasteiger partial charge < -0.3 is 15.4 Å². The number of hydrogen-bond donors (Lipinski definition) is 2. The maximum atomic E-state index is 5.33. The number of nitrogens with zero attached hydrogens (tertiary/aromatic N) is 3. The van der Waals surface area contributed by atoms with Crippen LogP contribution in [0, 0.1) is 0 Å². The Bertz CT molecular complexity index is 872. The molecule has 0 spiro atoms. The Morgan fingerprint density at radius 2 is 1.65 bits per heavy atom. The summed E-state index contributed by atoms with van der Waals surface area (Å²) in [6, 6.07) is 15.9. The lowest BCUT2D eigenvalue weighted by Gasteiger charge is -2.19. The molecule has 0 atom stereocenters. The molecule has 2 aromatic carbocycles. The lowest BCUT2D eigenvalue weighted by atomic mass is 9.87. The Morgan fingerprint density at radius 1 is 0.923 bits per heavy atom. The summed E-state index contributed by atoms with van der Waals surface area (Å²) in [6.45, 7) is 6.58. The first kappa shape index (κ1) is 17.7. The van der Waals surface area contributed by atoms with Crippen LogP contribution in [0.3, 0.4) is 0 Å². The standard InChI is InChI=1S/C20H23N5O/c1-20(2,3)14-9-11-15(12-10-14)22-18-13-21-25-19(24-18)23-16-7-5-6-8-17(16)26-4/h5-13H,1-4H3,(H2,22,23,24,25). The minimum atomic E-state index is 0.126. The van der Waals surface area contributed by atoms with E-state index in [2.05, 4.69) is 58.7 Å². The second kappa shape index (κ2) is 7.39. The third kappa shape index (κ3) is 4.27. The SMILES string of the molecule is COc1ccccc1Nc1nncc(Nc2ccc(C(C)(C)C)cc2)n1. The van der Waals surface area contributed by atoms with Gasteiger partial charge in [0.15, 0.2) is 5.82 Å². The summed E-state index contributed by atoms with van der Waals surface area (Å²) in [5.74, 6) is 1.72. The third-order valence-corrected chi connectivity index (χ3v) is 3.94. The van der Waals surface area contributed by atoms with Crippen LogP contribution in [0.15, 0.2) is 54.7 Å². The fourth-order valence-corrected chi connectivity index (χ4v) is 2.49. The van der Waals surface area contributed by atoms with Crippen molar-refractivity contribution < 1.29 is 4.74 Å². The van der Waals surface area contributed by atoms with E-state index in [0.717, 1.165) is 11.4 Å². The van der Waals surface area contributed by atoms with Gasteiger partial charge >= 0.3 is 0 Å². The predicted octanol–water partition coefficient (Wildman–Crippen LogP) is 4.66. The molecular weight excluding hydrogens is 326 g/mol. The van der Waals surface area contributed by atoms with Gasteiger partial charge in [0.2, 0.25) is 5.95 Å². The summed E-state index contributed by atoms with van der Waals surface area (Å²) >= 11 is 0. The highest BCUT2D eigenvalue weighted by molar-refractivity contribution is 5.63. The van der Waals surface area contributed by atoms with Crippen molar-refractivity contribution in [2.45, 2.75) is 26.2 Å². The van der Waals surface area contributed by atoms with Crippen LogP contribution < -0.4 is 15.4 Å². The summed E-state index contributed by atoms with van der Waals surface area (Å²) in [6.07, 6.45) is 1.59. The van der Waals surface area contributed by atoms with Crippen molar-refractivity contribution in [3.63, 3.8) is 0 Å². The smallest absolute Gasteiger partial charge is 0.249 e. The Kier molecular flexibility index (Phi) is 5.02. The van der Waals surface area contributed by atoms with Crippen LogP contribution in [0.5, 0.6) is 5.75 Å². The van der Waals surface area contributed by atoms with Gasteiger partial charge in [-0.25, -0.2) is 0 Å². The summed E-state index contributed by atoms with van der Waals surface area (Å²) in [4.78, 5) is 4.46. The van der Waals surface area contributed by atoms with E-state index in [1.165, 1.54) is 5.56 Å². The van der Waals surface area contributed by atoms with Crippen LogP contribution in [0.25, 0.3) is 0 Å². The quantitative estimate of drug-likeness (QED) is 0.698. The van der Waals surface area contributed by atoms with Gasteiger partial charge in [-0.15, -0.1) is 5.10 Å². The minimum Gasteiger partial charge on any atom is -0.495 e. The Morgan fingerprint density at radius 3 is 2.35 bits per heavy atom. The van der Waals surface area contributed by atoms with Crippen molar-refractivity contribution >= 4 is 23.1 Å². The van der Waals surface area contributed by atoms with E-state index in [1.807, 2.05) is 36.4 Å². The van der Waals surface area contributed by atoms with E-state index in [0.29, 0.717) is 17.5 Å². The molecule has 0 saturated carbocycles. The maximum Gasteiger partial charge on any atom is 0.249 e. The predicted molar refractivity (Wildman–Crippen MR) is 105 cm³/mol. The molecule has 0 amide bonds. The number of benzene rings is 2. The monoisotopic (exact) mass is 349 g/mol. The molecule has 0 aliphatic heterocycles. The summed E-state index contributed by atoms with van der Waals surface area (Å²) in [5.41, 5.74) is 3.13. The van der Waals surface area contributed by atoms with Gasteiger partial charge in [0, 0.05) is 5.69 Å². The number of nitrogens with one attached hydrogen (secondary N) is 2. The molecule has 0 saturated heterocycles. The normalized spacial score (nSPS) is 11.1. The van der Waals surface area contributed by atoms with Crippen LogP contribution in [0.2, 0.25) is 0 Å². The van der Waals surface area contributed by atoms with Crippen LogP contribution in [0.1, 0.15) is 26.3 Å². The van der Waals surface area contributed by atoms with Gasteiger partial charge in [0.05, 0.1) is 19.0 Å². The number of anilines is 4. The minimum absolute atomic E-state index is 0.126. The zero-order valence-electron chi connectivity index (χ0n) is 15.4. The summed E-state index contributed by atoms with van der Waals surface area (Å²) in [7, 11) is 1.62. The molecule has 0 unspecified atom stereocenters. The van der Waals surface area contributed by atoms with Gasteiger partial charge in [0.25, 0.3) is 0 Å². The molecular formula is C20H23N5O. The van der Waals surface area contributed by atoms with E-state index in [9.17, 15) is 0 Å². The van der Waals surface area contributed by atoms with Gasteiger partial charge in [-0.05, 0) is 35.2 Å². The number of para-hydroxylation sites is 2. The molecule has 0 aliphatic rings. The van der Waals surface area contributed by atoms with Crippen molar-refractivity contribution in [2.24, 2.45) is 0 Å². The van der Waals surface area contributed by atoms with Gasteiger partial charge in [-0.1, -0.05) is 45.0 Å². The van der Waals surface area contributed by atoms with Gasteiger partial charge in [0.1, 0.15) is 5.75 Å². The zero-order chi connectivity index (χ0) is 18.6. The Hall–Kier alpha value is -3.15. The van der Waals surface area contributed by atoms with Gasteiger partial charge in [-0.2, -0.15) is 10.1 Å². The molecule has 0 bridgehead atoms. The van der Waals surface area contributed by atoms with Gasteiger partial charge in [-0.3, -0.25) is 0 Å². The molecule has 134 valence electrons. The van der Waals surface area contributed by atoms with Crippen molar-refractivity contribution in [1.82, 2.24) is 15.2 Å². The number of rotatable bonds is 5. The molecule has 0 aliphatic carbocycles. The molecule has 1 heterocycles. The van der Waals surface area contributed by atoms with Crippen LogP contribution in [0.4, 0.5) is 23.1 Å². The molecule has 3 aromatic rings. The number of ether oxygens (including phenoxy) is 1. The highest BCUT2D eigenvalue weighted by Crippen LogP contribution is 2.27. The molecule has 0 radical (unpaired) electrons. The molecule has 0 fully saturated rings. The van der Waals surface area contributed by atoms with E-state index < -0.39 is 0 Å². The summed E-state index contributed by atoms with van der Waals surface area (Å²) < 4.78 is 5.33. The van der Waals surface area contributed by atoms with E-state index in [1.54, 1.807) is 13.3 Å². The average Bonchev–Trinajstić information content (AvgIpc) is 2.62. The van der Waals surface area contributed by atoms with E-state index >= 15 is 0 Å². The van der Waals surface area contributed by atoms with Crippen LogP contribution in [-0.2, 0) is 5.41 Å². The first-order valence-electron chi connectivity index (χ1n) is 8.43. The topological polar surface area (TPSA) is 72.0 Å². The largest absolute Gasteiger partial charge is 0.495 e. The fraction of sp³-hybridized carbons (Fsp3) is 0.250. The molecule has 6 heteroatoms. The number of hydrogen-bond acceptors (Lipinski definition) is 6. The van der Waals surface area contributed by atoms with Crippen molar-refractivity contribution in [2.75, 3.05) is 17.7 Å². The third-order valence-electron chi connectivity index (χ3n) is 3.94. The van der Waals surface area contributed by atoms with Crippen LogP contribution in [-0.4, -0.2) is 22.3 Å². The molecule has 1 aromatic heterocycles. The molecule has 2 N–H and O–H groups in total. The van der Waals surface area contributed by atoms with Crippen molar-refractivity contribution in [1.29, 1.82) is 0 Å². The lowest BCUT2D eigenvalue weighted by molar-refractivity contribution is 0.417. The first-order chi connectivity index (χ1) is 12.5. The van der Waals surface area contributed by atoms with E-state index in [4.69, 9.17) is 4.74 Å². The molecule has 6 nitrogen and oxygen atoms in total.